The van der Waals surface area contributed by atoms with Gasteiger partial charge in [0.25, 0.3) is 0 Å². The first kappa shape index (κ1) is 14.9. The van der Waals surface area contributed by atoms with Crippen LogP contribution in [0, 0.1) is 13.8 Å². The highest BCUT2D eigenvalue weighted by atomic mass is 32.1. The van der Waals surface area contributed by atoms with E-state index in [0.717, 1.165) is 28.1 Å². The van der Waals surface area contributed by atoms with Crippen molar-refractivity contribution in [3.8, 4) is 11.5 Å². The van der Waals surface area contributed by atoms with Crippen molar-refractivity contribution in [2.75, 3.05) is 0 Å². The van der Waals surface area contributed by atoms with Crippen LogP contribution in [0.5, 0.6) is 11.5 Å². The summed E-state index contributed by atoms with van der Waals surface area (Å²) in [6.45, 7) is 3.99. The lowest BCUT2D eigenvalue weighted by atomic mass is 10.1. The Morgan fingerprint density at radius 3 is 2.68 bits per heavy atom. The zero-order chi connectivity index (χ0) is 15.7. The molecule has 0 unspecified atom stereocenters. The van der Waals surface area contributed by atoms with Crippen molar-refractivity contribution in [2.24, 2.45) is 0 Å². The van der Waals surface area contributed by atoms with Crippen molar-refractivity contribution in [3.05, 3.63) is 52.0 Å². The molecule has 1 aromatic heterocycles. The van der Waals surface area contributed by atoms with Crippen molar-refractivity contribution in [3.63, 3.8) is 0 Å². The molecule has 3 aromatic rings. The predicted octanol–water partition coefficient (Wildman–Crippen LogP) is 4.50. The fourth-order valence-electron chi connectivity index (χ4n) is 2.87. The van der Waals surface area contributed by atoms with Gasteiger partial charge in [-0.1, -0.05) is 6.07 Å². The van der Waals surface area contributed by atoms with E-state index in [1.165, 1.54) is 23.1 Å². The number of phenols is 2. The SMILES string of the molecule is Cc1cc(O)c2c(c1)CCC2.Cc1nc2cc(O)ccc2s1. The highest BCUT2D eigenvalue weighted by Gasteiger charge is 2.14. The van der Waals surface area contributed by atoms with E-state index in [9.17, 15) is 5.11 Å². The van der Waals surface area contributed by atoms with E-state index >= 15 is 0 Å². The second kappa shape index (κ2) is 5.97. The Kier molecular flexibility index (Phi) is 4.03. The van der Waals surface area contributed by atoms with Crippen LogP contribution in [-0.4, -0.2) is 15.2 Å². The number of aryl methyl sites for hydroxylation is 3. The highest BCUT2D eigenvalue weighted by molar-refractivity contribution is 7.18. The Bertz CT molecular complexity index is 823. The van der Waals surface area contributed by atoms with E-state index in [2.05, 4.69) is 11.1 Å². The molecule has 0 bridgehead atoms. The molecule has 22 heavy (non-hydrogen) atoms. The van der Waals surface area contributed by atoms with Crippen molar-refractivity contribution in [2.45, 2.75) is 33.1 Å². The van der Waals surface area contributed by atoms with Gasteiger partial charge in [-0.25, -0.2) is 4.98 Å². The average molecular weight is 313 g/mol. The molecule has 0 saturated heterocycles. The van der Waals surface area contributed by atoms with Gasteiger partial charge >= 0.3 is 0 Å². The first-order valence-corrected chi connectivity index (χ1v) is 8.22. The summed E-state index contributed by atoms with van der Waals surface area (Å²) in [7, 11) is 0. The van der Waals surface area contributed by atoms with E-state index in [1.54, 1.807) is 23.5 Å². The van der Waals surface area contributed by atoms with Crippen LogP contribution in [0.1, 0.15) is 28.1 Å². The minimum Gasteiger partial charge on any atom is -0.508 e. The van der Waals surface area contributed by atoms with E-state index < -0.39 is 0 Å². The molecule has 0 atom stereocenters. The van der Waals surface area contributed by atoms with Gasteiger partial charge in [0.1, 0.15) is 11.5 Å². The lowest BCUT2D eigenvalue weighted by Gasteiger charge is -2.03. The van der Waals surface area contributed by atoms with E-state index in [1.807, 2.05) is 26.0 Å². The van der Waals surface area contributed by atoms with Crippen LogP contribution >= 0.6 is 11.3 Å². The molecule has 4 rings (SSSR count). The first-order chi connectivity index (χ1) is 10.5. The standard InChI is InChI=1S/C10H12O.C8H7NOS/c1-7-5-8-3-2-4-9(8)10(11)6-7;1-5-9-7-4-6(10)2-3-8(7)11-5/h5-6,11H,2-4H2,1H3;2-4,10H,1H3. The third-order valence-corrected chi connectivity index (χ3v) is 4.77. The third kappa shape index (κ3) is 3.07. The summed E-state index contributed by atoms with van der Waals surface area (Å²) in [6, 6.07) is 9.28. The van der Waals surface area contributed by atoms with Crippen LogP contribution in [-0.2, 0) is 12.8 Å². The largest absolute Gasteiger partial charge is 0.508 e. The van der Waals surface area contributed by atoms with Crippen LogP contribution in [0.15, 0.2) is 30.3 Å². The van der Waals surface area contributed by atoms with Gasteiger partial charge in [0.2, 0.25) is 0 Å². The minimum atomic E-state index is 0.280. The van der Waals surface area contributed by atoms with E-state index in [4.69, 9.17) is 5.11 Å². The number of aromatic nitrogens is 1. The second-order valence-electron chi connectivity index (χ2n) is 5.66. The summed E-state index contributed by atoms with van der Waals surface area (Å²) in [6.07, 6.45) is 3.40. The number of benzene rings is 2. The number of thiazole rings is 1. The molecule has 0 aliphatic heterocycles. The minimum absolute atomic E-state index is 0.280. The van der Waals surface area contributed by atoms with Crippen LogP contribution in [0.4, 0.5) is 0 Å². The van der Waals surface area contributed by atoms with Crippen molar-refractivity contribution in [1.82, 2.24) is 4.98 Å². The Balaban J connectivity index is 0.000000131. The molecule has 0 fully saturated rings. The molecule has 2 N–H and O–H groups in total. The Labute approximate surface area is 133 Å². The maximum Gasteiger partial charge on any atom is 0.119 e. The molecule has 0 saturated carbocycles. The number of nitrogens with zero attached hydrogens (tertiary/aromatic N) is 1. The number of phenolic OH excluding ortho intramolecular Hbond substituents is 2. The highest BCUT2D eigenvalue weighted by Crippen LogP contribution is 2.30. The summed E-state index contributed by atoms with van der Waals surface area (Å²) >= 11 is 1.64. The summed E-state index contributed by atoms with van der Waals surface area (Å²) in [5.41, 5.74) is 4.58. The van der Waals surface area contributed by atoms with Gasteiger partial charge in [0.15, 0.2) is 0 Å². The second-order valence-corrected chi connectivity index (χ2v) is 6.89. The maximum absolute atomic E-state index is 9.51. The zero-order valence-electron chi connectivity index (χ0n) is 12.8. The lowest BCUT2D eigenvalue weighted by Crippen LogP contribution is -1.84. The zero-order valence-corrected chi connectivity index (χ0v) is 13.6. The van der Waals surface area contributed by atoms with Crippen LogP contribution in [0.25, 0.3) is 10.2 Å². The summed E-state index contributed by atoms with van der Waals surface area (Å²) in [4.78, 5) is 4.23. The van der Waals surface area contributed by atoms with Gasteiger partial charge in [-0.15, -0.1) is 11.3 Å². The monoisotopic (exact) mass is 313 g/mol. The number of rotatable bonds is 0. The van der Waals surface area contributed by atoms with Crippen molar-refractivity contribution < 1.29 is 10.2 Å². The average Bonchev–Trinajstić information content (AvgIpc) is 3.04. The summed E-state index contributed by atoms with van der Waals surface area (Å²) in [5, 5.41) is 19.6. The Hall–Kier alpha value is -2.07. The van der Waals surface area contributed by atoms with Gasteiger partial charge in [0, 0.05) is 6.07 Å². The molecule has 2 aromatic carbocycles. The quantitative estimate of drug-likeness (QED) is 0.642. The normalized spacial score (nSPS) is 12.8. The summed E-state index contributed by atoms with van der Waals surface area (Å²) in [5.74, 6) is 0.778. The van der Waals surface area contributed by atoms with Crippen molar-refractivity contribution >= 4 is 21.6 Å². The predicted molar refractivity (Wildman–Crippen MR) is 90.9 cm³/mol. The van der Waals surface area contributed by atoms with Crippen LogP contribution in [0.3, 0.4) is 0 Å². The Morgan fingerprint density at radius 2 is 1.86 bits per heavy atom. The lowest BCUT2D eigenvalue weighted by molar-refractivity contribution is 0.468. The third-order valence-electron chi connectivity index (χ3n) is 3.81. The molecule has 114 valence electrons. The molecule has 3 nitrogen and oxygen atoms in total. The smallest absolute Gasteiger partial charge is 0.119 e. The number of hydrogen-bond acceptors (Lipinski definition) is 4. The summed E-state index contributed by atoms with van der Waals surface area (Å²) < 4.78 is 1.13. The molecule has 1 aliphatic carbocycles. The Morgan fingerprint density at radius 1 is 1.05 bits per heavy atom. The van der Waals surface area contributed by atoms with Crippen LogP contribution < -0.4 is 0 Å². The molecule has 1 aliphatic rings. The van der Waals surface area contributed by atoms with Gasteiger partial charge < -0.3 is 10.2 Å². The molecule has 0 spiro atoms. The van der Waals surface area contributed by atoms with Gasteiger partial charge in [-0.2, -0.15) is 0 Å². The fraction of sp³-hybridized carbons (Fsp3) is 0.278. The number of fused-ring (bicyclic) bond motifs is 2. The molecule has 4 heteroatoms. The van der Waals surface area contributed by atoms with Crippen LogP contribution in [0.2, 0.25) is 0 Å². The maximum atomic E-state index is 9.51. The van der Waals surface area contributed by atoms with Gasteiger partial charge in [-0.3, -0.25) is 0 Å². The number of aromatic hydroxyl groups is 2. The molecule has 0 amide bonds. The van der Waals surface area contributed by atoms with E-state index in [-0.39, 0.29) is 5.75 Å². The first-order valence-electron chi connectivity index (χ1n) is 7.40. The molecule has 1 heterocycles. The number of hydrogen-bond donors (Lipinski definition) is 2. The van der Waals surface area contributed by atoms with Gasteiger partial charge in [-0.05, 0) is 68.0 Å². The molecule has 0 radical (unpaired) electrons. The van der Waals surface area contributed by atoms with Crippen molar-refractivity contribution in [1.29, 1.82) is 0 Å². The topological polar surface area (TPSA) is 53.4 Å². The molecular weight excluding hydrogens is 294 g/mol. The molecular formula is C18H19NO2S. The fourth-order valence-corrected chi connectivity index (χ4v) is 3.68. The van der Waals surface area contributed by atoms with E-state index in [0.29, 0.717) is 5.75 Å². The van der Waals surface area contributed by atoms with Gasteiger partial charge in [0.05, 0.1) is 15.2 Å².